The summed E-state index contributed by atoms with van der Waals surface area (Å²) in [4.78, 5) is 0. The first-order valence-corrected chi connectivity index (χ1v) is 4.26. The monoisotopic (exact) mass is 222 g/mol. The van der Waals surface area contributed by atoms with Crippen molar-refractivity contribution in [2.75, 3.05) is 18.4 Å². The molecule has 0 unspecified atom stereocenters. The minimum absolute atomic E-state index is 0.283. The molecule has 0 bridgehead atoms. The molecular formula is C9H10F4N2. The van der Waals surface area contributed by atoms with Crippen LogP contribution in [-0.4, -0.2) is 13.1 Å². The SMILES string of the molecule is NCCNc1ccc(C(F)(F)F)c(F)c1. The van der Waals surface area contributed by atoms with Crippen molar-refractivity contribution in [3.05, 3.63) is 29.6 Å². The van der Waals surface area contributed by atoms with Crippen LogP contribution in [0.5, 0.6) is 0 Å². The first kappa shape index (κ1) is 11.8. The summed E-state index contributed by atoms with van der Waals surface area (Å²) in [5.74, 6) is -1.29. The Labute approximate surface area is 84.1 Å². The Morgan fingerprint density at radius 2 is 1.93 bits per heavy atom. The van der Waals surface area contributed by atoms with Crippen molar-refractivity contribution in [2.24, 2.45) is 5.73 Å². The molecule has 0 fully saturated rings. The Hall–Kier alpha value is -1.30. The summed E-state index contributed by atoms with van der Waals surface area (Å²) in [5, 5.41) is 2.68. The van der Waals surface area contributed by atoms with Gasteiger partial charge in [0.2, 0.25) is 0 Å². The van der Waals surface area contributed by atoms with Crippen LogP contribution in [0.3, 0.4) is 0 Å². The van der Waals surface area contributed by atoms with Gasteiger partial charge in [-0.15, -0.1) is 0 Å². The maximum absolute atomic E-state index is 13.0. The van der Waals surface area contributed by atoms with Gasteiger partial charge >= 0.3 is 6.18 Å². The molecule has 0 heterocycles. The van der Waals surface area contributed by atoms with E-state index in [1.165, 1.54) is 6.07 Å². The van der Waals surface area contributed by atoms with Crippen molar-refractivity contribution >= 4 is 5.69 Å². The summed E-state index contributed by atoms with van der Waals surface area (Å²) in [5.41, 5.74) is 4.20. The van der Waals surface area contributed by atoms with Crippen LogP contribution in [-0.2, 0) is 6.18 Å². The second kappa shape index (κ2) is 4.48. The van der Waals surface area contributed by atoms with Gasteiger partial charge in [0.15, 0.2) is 0 Å². The smallest absolute Gasteiger partial charge is 0.384 e. The Kier molecular flexibility index (Phi) is 3.52. The van der Waals surface area contributed by atoms with E-state index in [2.05, 4.69) is 5.32 Å². The molecule has 15 heavy (non-hydrogen) atoms. The van der Waals surface area contributed by atoms with Gasteiger partial charge in [0.05, 0.1) is 5.56 Å². The summed E-state index contributed by atoms with van der Waals surface area (Å²) >= 11 is 0. The molecule has 1 rings (SSSR count). The summed E-state index contributed by atoms with van der Waals surface area (Å²) in [6, 6.07) is 2.67. The average Bonchev–Trinajstić information content (AvgIpc) is 2.12. The summed E-state index contributed by atoms with van der Waals surface area (Å²) in [6.07, 6.45) is -4.66. The predicted molar refractivity (Wildman–Crippen MR) is 48.9 cm³/mol. The van der Waals surface area contributed by atoms with E-state index in [1.807, 2.05) is 0 Å². The lowest BCUT2D eigenvalue weighted by Gasteiger charge is -2.10. The van der Waals surface area contributed by atoms with Gasteiger partial charge in [-0.2, -0.15) is 13.2 Å². The molecular weight excluding hydrogens is 212 g/mol. The maximum atomic E-state index is 13.0. The van der Waals surface area contributed by atoms with Crippen LogP contribution in [0.25, 0.3) is 0 Å². The second-order valence-electron chi connectivity index (χ2n) is 2.91. The molecule has 0 aromatic heterocycles. The van der Waals surface area contributed by atoms with Gasteiger partial charge in [0.1, 0.15) is 5.82 Å². The van der Waals surface area contributed by atoms with Gasteiger partial charge < -0.3 is 11.1 Å². The lowest BCUT2D eigenvalue weighted by atomic mass is 10.2. The Bertz CT molecular complexity index is 335. The number of rotatable bonds is 3. The minimum atomic E-state index is -4.66. The zero-order valence-corrected chi connectivity index (χ0v) is 7.74. The molecule has 0 aliphatic heterocycles. The van der Waals surface area contributed by atoms with Crippen LogP contribution in [0.15, 0.2) is 18.2 Å². The van der Waals surface area contributed by atoms with Crippen LogP contribution in [0, 0.1) is 5.82 Å². The zero-order chi connectivity index (χ0) is 11.5. The molecule has 6 heteroatoms. The van der Waals surface area contributed by atoms with Crippen LogP contribution in [0.1, 0.15) is 5.56 Å². The lowest BCUT2D eigenvalue weighted by molar-refractivity contribution is -0.139. The van der Waals surface area contributed by atoms with Crippen molar-refractivity contribution in [3.63, 3.8) is 0 Å². The van der Waals surface area contributed by atoms with Crippen molar-refractivity contribution < 1.29 is 17.6 Å². The van der Waals surface area contributed by atoms with E-state index < -0.39 is 17.6 Å². The van der Waals surface area contributed by atoms with E-state index in [4.69, 9.17) is 5.73 Å². The highest BCUT2D eigenvalue weighted by Crippen LogP contribution is 2.32. The highest BCUT2D eigenvalue weighted by molar-refractivity contribution is 5.45. The third-order valence-electron chi connectivity index (χ3n) is 1.75. The number of hydrogen-bond acceptors (Lipinski definition) is 2. The third-order valence-corrected chi connectivity index (χ3v) is 1.75. The highest BCUT2D eigenvalue weighted by atomic mass is 19.4. The normalized spacial score (nSPS) is 11.5. The fourth-order valence-corrected chi connectivity index (χ4v) is 1.07. The molecule has 0 aliphatic rings. The van der Waals surface area contributed by atoms with E-state index in [0.29, 0.717) is 19.2 Å². The van der Waals surface area contributed by atoms with E-state index in [0.717, 1.165) is 6.07 Å². The molecule has 0 saturated carbocycles. The molecule has 84 valence electrons. The molecule has 0 spiro atoms. The van der Waals surface area contributed by atoms with E-state index in [1.54, 1.807) is 0 Å². The zero-order valence-electron chi connectivity index (χ0n) is 7.74. The minimum Gasteiger partial charge on any atom is -0.384 e. The van der Waals surface area contributed by atoms with Gasteiger partial charge in [-0.3, -0.25) is 0 Å². The van der Waals surface area contributed by atoms with E-state index in [-0.39, 0.29) is 5.69 Å². The first-order chi connectivity index (χ1) is 6.95. The molecule has 0 amide bonds. The number of nitrogens with one attached hydrogen (secondary N) is 1. The van der Waals surface area contributed by atoms with Crippen molar-refractivity contribution in [2.45, 2.75) is 6.18 Å². The van der Waals surface area contributed by atoms with Crippen molar-refractivity contribution in [1.82, 2.24) is 0 Å². The predicted octanol–water partition coefficient (Wildman–Crippen LogP) is 2.22. The lowest BCUT2D eigenvalue weighted by Crippen LogP contribution is -2.14. The Balaban J connectivity index is 2.89. The molecule has 1 aromatic rings. The van der Waals surface area contributed by atoms with Crippen LogP contribution in [0.4, 0.5) is 23.2 Å². The number of benzene rings is 1. The first-order valence-electron chi connectivity index (χ1n) is 4.26. The topological polar surface area (TPSA) is 38.0 Å². The molecule has 1 aromatic carbocycles. The van der Waals surface area contributed by atoms with Gasteiger partial charge in [-0.25, -0.2) is 4.39 Å². The van der Waals surface area contributed by atoms with Gasteiger partial charge in [0.25, 0.3) is 0 Å². The number of anilines is 1. The fraction of sp³-hybridized carbons (Fsp3) is 0.333. The van der Waals surface area contributed by atoms with Crippen molar-refractivity contribution in [1.29, 1.82) is 0 Å². The number of nitrogens with two attached hydrogens (primary N) is 1. The summed E-state index contributed by atoms with van der Waals surface area (Å²) < 4.78 is 49.4. The van der Waals surface area contributed by atoms with Gasteiger partial charge in [-0.05, 0) is 18.2 Å². The summed E-state index contributed by atoms with van der Waals surface area (Å²) in [6.45, 7) is 0.702. The van der Waals surface area contributed by atoms with Crippen LogP contribution < -0.4 is 11.1 Å². The quantitative estimate of drug-likeness (QED) is 0.769. The number of halogens is 4. The molecule has 0 radical (unpaired) electrons. The number of hydrogen-bond donors (Lipinski definition) is 2. The van der Waals surface area contributed by atoms with Crippen molar-refractivity contribution in [3.8, 4) is 0 Å². The molecule has 0 saturated heterocycles. The van der Waals surface area contributed by atoms with E-state index in [9.17, 15) is 17.6 Å². The fourth-order valence-electron chi connectivity index (χ4n) is 1.07. The van der Waals surface area contributed by atoms with E-state index >= 15 is 0 Å². The molecule has 3 N–H and O–H groups in total. The summed E-state index contributed by atoms with van der Waals surface area (Å²) in [7, 11) is 0. The molecule has 0 atom stereocenters. The standard InChI is InChI=1S/C9H10F4N2/c10-8-5-6(15-4-3-14)1-2-7(8)9(11,12)13/h1-2,5,15H,3-4,14H2. The van der Waals surface area contributed by atoms with Gasteiger partial charge in [0, 0.05) is 18.8 Å². The Morgan fingerprint density at radius 1 is 1.27 bits per heavy atom. The average molecular weight is 222 g/mol. The second-order valence-corrected chi connectivity index (χ2v) is 2.91. The largest absolute Gasteiger partial charge is 0.419 e. The van der Waals surface area contributed by atoms with Crippen LogP contribution in [0.2, 0.25) is 0 Å². The maximum Gasteiger partial charge on any atom is 0.419 e. The molecule has 0 aliphatic carbocycles. The Morgan fingerprint density at radius 3 is 2.40 bits per heavy atom. The number of alkyl halides is 3. The highest BCUT2D eigenvalue weighted by Gasteiger charge is 2.33. The third kappa shape index (κ3) is 3.09. The van der Waals surface area contributed by atoms with Gasteiger partial charge in [-0.1, -0.05) is 0 Å². The van der Waals surface area contributed by atoms with Crippen LogP contribution >= 0.6 is 0 Å². The molecule has 2 nitrogen and oxygen atoms in total.